The number of hydrogen-bond acceptors (Lipinski definition) is 5. The summed E-state index contributed by atoms with van der Waals surface area (Å²) in [5.74, 6) is 1.54. The van der Waals surface area contributed by atoms with Crippen LogP contribution in [0.15, 0.2) is 42.5 Å². The molecule has 3 rings (SSSR count). The van der Waals surface area contributed by atoms with Crippen LogP contribution in [0.2, 0.25) is 0 Å². The van der Waals surface area contributed by atoms with Crippen molar-refractivity contribution in [3.8, 4) is 11.6 Å². The van der Waals surface area contributed by atoms with E-state index in [4.69, 9.17) is 14.2 Å². The lowest BCUT2D eigenvalue weighted by molar-refractivity contribution is 0.0682. The molecule has 128 valence electrons. The molecule has 0 N–H and O–H groups in total. The highest BCUT2D eigenvalue weighted by Crippen LogP contribution is 2.17. The molecule has 1 aromatic carbocycles. The normalized spacial score (nSPS) is 18.8. The zero-order chi connectivity index (χ0) is 16.8. The van der Waals surface area contributed by atoms with E-state index >= 15 is 0 Å². The number of nitrogens with zero attached hydrogens (tertiary/aromatic N) is 2. The third-order valence-electron chi connectivity index (χ3n) is 4.01. The zero-order valence-corrected chi connectivity index (χ0v) is 14.3. The predicted molar refractivity (Wildman–Crippen MR) is 92.5 cm³/mol. The molecule has 1 aliphatic heterocycles. The number of hydrogen-bond donors (Lipinski definition) is 0. The first kappa shape index (κ1) is 16.7. The summed E-state index contributed by atoms with van der Waals surface area (Å²) in [4.78, 5) is 6.77. The molecule has 0 amide bonds. The zero-order valence-electron chi connectivity index (χ0n) is 14.3. The summed E-state index contributed by atoms with van der Waals surface area (Å²) in [7, 11) is 1.69. The molecule has 5 heteroatoms. The Morgan fingerprint density at radius 3 is 2.96 bits per heavy atom. The molecule has 1 atom stereocenters. The Hall–Kier alpha value is -2.11. The van der Waals surface area contributed by atoms with Crippen LogP contribution in [-0.2, 0) is 11.3 Å². The van der Waals surface area contributed by atoms with Crippen molar-refractivity contribution >= 4 is 0 Å². The van der Waals surface area contributed by atoms with Gasteiger partial charge in [-0.25, -0.2) is 4.98 Å². The van der Waals surface area contributed by atoms with Gasteiger partial charge in [0, 0.05) is 31.4 Å². The Morgan fingerprint density at radius 2 is 2.12 bits per heavy atom. The van der Waals surface area contributed by atoms with Gasteiger partial charge < -0.3 is 14.2 Å². The number of ether oxygens (including phenoxy) is 3. The van der Waals surface area contributed by atoms with Gasteiger partial charge >= 0.3 is 0 Å². The molecule has 2 heterocycles. The SMILES string of the molecule is COc1cccc(CN2CCOCC(Oc3cccc(C)n3)C2)c1. The van der Waals surface area contributed by atoms with E-state index in [1.165, 1.54) is 5.56 Å². The Morgan fingerprint density at radius 1 is 1.25 bits per heavy atom. The average molecular weight is 328 g/mol. The number of rotatable bonds is 5. The molecule has 2 aromatic rings. The van der Waals surface area contributed by atoms with Crippen molar-refractivity contribution < 1.29 is 14.2 Å². The van der Waals surface area contributed by atoms with Crippen molar-refractivity contribution in [1.82, 2.24) is 9.88 Å². The largest absolute Gasteiger partial charge is 0.497 e. The lowest BCUT2D eigenvalue weighted by Crippen LogP contribution is -2.35. The monoisotopic (exact) mass is 328 g/mol. The lowest BCUT2D eigenvalue weighted by atomic mass is 10.2. The van der Waals surface area contributed by atoms with Crippen molar-refractivity contribution in [2.45, 2.75) is 19.6 Å². The molecule has 5 nitrogen and oxygen atoms in total. The standard InChI is InChI=1S/C19H24N2O3/c1-15-5-3-8-19(20-15)24-18-13-21(9-10-23-14-18)12-16-6-4-7-17(11-16)22-2/h3-8,11,18H,9-10,12-14H2,1-2H3. The number of aryl methyl sites for hydroxylation is 1. The van der Waals surface area contributed by atoms with Gasteiger partial charge in [-0.1, -0.05) is 18.2 Å². The van der Waals surface area contributed by atoms with Crippen LogP contribution in [0.3, 0.4) is 0 Å². The van der Waals surface area contributed by atoms with Gasteiger partial charge in [-0.2, -0.15) is 0 Å². The smallest absolute Gasteiger partial charge is 0.213 e. The van der Waals surface area contributed by atoms with E-state index in [9.17, 15) is 0 Å². The summed E-state index contributed by atoms with van der Waals surface area (Å²) in [5.41, 5.74) is 2.18. The molecule has 0 radical (unpaired) electrons. The second-order valence-electron chi connectivity index (χ2n) is 6.02. The summed E-state index contributed by atoms with van der Waals surface area (Å²) in [5, 5.41) is 0. The molecule has 1 aromatic heterocycles. The highest BCUT2D eigenvalue weighted by Gasteiger charge is 2.20. The molecular weight excluding hydrogens is 304 g/mol. The first-order valence-electron chi connectivity index (χ1n) is 8.26. The van der Waals surface area contributed by atoms with E-state index in [0.29, 0.717) is 19.1 Å². The van der Waals surface area contributed by atoms with Crippen LogP contribution >= 0.6 is 0 Å². The van der Waals surface area contributed by atoms with E-state index in [1.54, 1.807) is 7.11 Å². The number of aromatic nitrogens is 1. The average Bonchev–Trinajstić information content (AvgIpc) is 2.80. The van der Waals surface area contributed by atoms with Crippen molar-refractivity contribution in [1.29, 1.82) is 0 Å². The van der Waals surface area contributed by atoms with Crippen LogP contribution in [0.25, 0.3) is 0 Å². The van der Waals surface area contributed by atoms with E-state index in [-0.39, 0.29) is 6.10 Å². The second-order valence-corrected chi connectivity index (χ2v) is 6.02. The van der Waals surface area contributed by atoms with Crippen LogP contribution in [0.5, 0.6) is 11.6 Å². The molecule has 0 bridgehead atoms. The van der Waals surface area contributed by atoms with Crippen molar-refractivity contribution in [2.75, 3.05) is 33.4 Å². The van der Waals surface area contributed by atoms with Gasteiger partial charge in [0.15, 0.2) is 0 Å². The van der Waals surface area contributed by atoms with Gasteiger partial charge in [-0.05, 0) is 30.7 Å². The first-order chi connectivity index (χ1) is 11.7. The Bertz CT molecular complexity index is 663. The van der Waals surface area contributed by atoms with Crippen molar-refractivity contribution in [3.63, 3.8) is 0 Å². The van der Waals surface area contributed by atoms with Crippen LogP contribution in [0, 0.1) is 6.92 Å². The van der Waals surface area contributed by atoms with Gasteiger partial charge in [-0.3, -0.25) is 4.90 Å². The summed E-state index contributed by atoms with van der Waals surface area (Å²) in [6.45, 7) is 5.81. The van der Waals surface area contributed by atoms with Crippen LogP contribution in [0.4, 0.5) is 0 Å². The minimum absolute atomic E-state index is 0.0209. The molecule has 0 spiro atoms. The Kier molecular flexibility index (Phi) is 5.67. The van der Waals surface area contributed by atoms with Gasteiger partial charge in [-0.15, -0.1) is 0 Å². The number of benzene rings is 1. The third-order valence-corrected chi connectivity index (χ3v) is 4.01. The van der Waals surface area contributed by atoms with E-state index in [0.717, 1.165) is 31.1 Å². The Labute approximate surface area is 143 Å². The molecule has 24 heavy (non-hydrogen) atoms. The highest BCUT2D eigenvalue weighted by molar-refractivity contribution is 5.28. The van der Waals surface area contributed by atoms with Crippen LogP contribution < -0.4 is 9.47 Å². The molecule has 0 saturated carbocycles. The van der Waals surface area contributed by atoms with Gasteiger partial charge in [0.1, 0.15) is 11.9 Å². The topological polar surface area (TPSA) is 43.8 Å². The minimum atomic E-state index is -0.0209. The van der Waals surface area contributed by atoms with Crippen LogP contribution in [-0.4, -0.2) is 49.4 Å². The minimum Gasteiger partial charge on any atom is -0.497 e. The summed E-state index contributed by atoms with van der Waals surface area (Å²) < 4.78 is 17.0. The fourth-order valence-electron chi connectivity index (χ4n) is 2.84. The van der Waals surface area contributed by atoms with Gasteiger partial charge in [0.25, 0.3) is 0 Å². The number of pyridine rings is 1. The summed E-state index contributed by atoms with van der Waals surface area (Å²) in [6.07, 6.45) is -0.0209. The lowest BCUT2D eigenvalue weighted by Gasteiger charge is -2.24. The maximum absolute atomic E-state index is 6.03. The summed E-state index contributed by atoms with van der Waals surface area (Å²) in [6, 6.07) is 14.0. The maximum Gasteiger partial charge on any atom is 0.213 e. The maximum atomic E-state index is 6.03. The van der Waals surface area contributed by atoms with E-state index in [1.807, 2.05) is 37.3 Å². The summed E-state index contributed by atoms with van der Waals surface area (Å²) >= 11 is 0. The highest BCUT2D eigenvalue weighted by atomic mass is 16.5. The molecule has 0 aliphatic carbocycles. The van der Waals surface area contributed by atoms with Crippen molar-refractivity contribution in [2.24, 2.45) is 0 Å². The fourth-order valence-corrected chi connectivity index (χ4v) is 2.84. The molecular formula is C19H24N2O3. The van der Waals surface area contributed by atoms with Crippen molar-refractivity contribution in [3.05, 3.63) is 53.7 Å². The molecule has 1 fully saturated rings. The van der Waals surface area contributed by atoms with E-state index < -0.39 is 0 Å². The predicted octanol–water partition coefficient (Wildman–Crippen LogP) is 2.68. The van der Waals surface area contributed by atoms with E-state index in [2.05, 4.69) is 22.0 Å². The Balaban J connectivity index is 1.63. The van der Waals surface area contributed by atoms with Gasteiger partial charge in [0.2, 0.25) is 5.88 Å². The number of methoxy groups -OCH3 is 1. The molecule has 1 saturated heterocycles. The van der Waals surface area contributed by atoms with Crippen LogP contribution in [0.1, 0.15) is 11.3 Å². The molecule has 1 aliphatic rings. The quantitative estimate of drug-likeness (QED) is 0.844. The third kappa shape index (κ3) is 4.69. The second kappa shape index (κ2) is 8.13. The first-order valence-corrected chi connectivity index (χ1v) is 8.26. The molecule has 1 unspecified atom stereocenters. The van der Waals surface area contributed by atoms with Gasteiger partial charge in [0.05, 0.1) is 20.3 Å². The fraction of sp³-hybridized carbons (Fsp3) is 0.421.